The predicted octanol–water partition coefficient (Wildman–Crippen LogP) is 4.23. The first kappa shape index (κ1) is 14.1. The van der Waals surface area contributed by atoms with E-state index in [2.05, 4.69) is 4.98 Å². The number of imidazole rings is 1. The summed E-state index contributed by atoms with van der Waals surface area (Å²) in [6.45, 7) is 0. The quantitative estimate of drug-likeness (QED) is 0.785. The highest BCUT2D eigenvalue weighted by atomic mass is 35.5. The maximum Gasteiger partial charge on any atom is 0.134 e. The van der Waals surface area contributed by atoms with Gasteiger partial charge in [0.05, 0.1) is 6.04 Å². The summed E-state index contributed by atoms with van der Waals surface area (Å²) in [6, 6.07) is 14.8. The van der Waals surface area contributed by atoms with Gasteiger partial charge in [-0.15, -0.1) is 0 Å². The van der Waals surface area contributed by atoms with Crippen LogP contribution in [-0.2, 0) is 0 Å². The van der Waals surface area contributed by atoms with E-state index < -0.39 is 6.04 Å². The van der Waals surface area contributed by atoms with Crippen molar-refractivity contribution in [2.24, 2.45) is 5.73 Å². The Kier molecular flexibility index (Phi) is 3.97. The molecule has 3 aromatic rings. The van der Waals surface area contributed by atoms with Crippen LogP contribution < -0.4 is 5.73 Å². The van der Waals surface area contributed by atoms with Crippen molar-refractivity contribution in [3.8, 4) is 5.69 Å². The van der Waals surface area contributed by atoms with Gasteiger partial charge in [0.25, 0.3) is 0 Å². The average molecular weight is 318 g/mol. The third kappa shape index (κ3) is 2.81. The largest absolute Gasteiger partial charge is 0.318 e. The van der Waals surface area contributed by atoms with Crippen LogP contribution in [0.3, 0.4) is 0 Å². The summed E-state index contributed by atoms with van der Waals surface area (Å²) in [5.74, 6) is 0.727. The Morgan fingerprint density at radius 1 is 1.05 bits per heavy atom. The van der Waals surface area contributed by atoms with Crippen LogP contribution in [-0.4, -0.2) is 9.55 Å². The molecule has 0 aliphatic carbocycles. The van der Waals surface area contributed by atoms with Gasteiger partial charge in [-0.2, -0.15) is 0 Å². The molecule has 2 aromatic carbocycles. The first-order chi connectivity index (χ1) is 10.2. The van der Waals surface area contributed by atoms with Crippen LogP contribution in [0.15, 0.2) is 60.9 Å². The summed E-state index contributed by atoms with van der Waals surface area (Å²) >= 11 is 12.2. The fourth-order valence-electron chi connectivity index (χ4n) is 2.24. The number of halogens is 2. The highest BCUT2D eigenvalue weighted by molar-refractivity contribution is 6.35. The molecule has 0 fully saturated rings. The predicted molar refractivity (Wildman–Crippen MR) is 86.1 cm³/mol. The number of aromatic nitrogens is 2. The Morgan fingerprint density at radius 2 is 1.81 bits per heavy atom. The third-order valence-electron chi connectivity index (χ3n) is 3.28. The van der Waals surface area contributed by atoms with E-state index in [0.29, 0.717) is 10.0 Å². The van der Waals surface area contributed by atoms with E-state index in [1.165, 1.54) is 0 Å². The average Bonchev–Trinajstić information content (AvgIpc) is 2.97. The van der Waals surface area contributed by atoms with E-state index >= 15 is 0 Å². The zero-order valence-electron chi connectivity index (χ0n) is 11.1. The monoisotopic (exact) mass is 317 g/mol. The molecule has 0 saturated heterocycles. The topological polar surface area (TPSA) is 43.8 Å². The molecule has 3 nitrogen and oxygen atoms in total. The lowest BCUT2D eigenvalue weighted by molar-refractivity contribution is 0.759. The van der Waals surface area contributed by atoms with Crippen LogP contribution in [0.2, 0.25) is 10.0 Å². The summed E-state index contributed by atoms with van der Waals surface area (Å²) in [6.07, 6.45) is 3.61. The van der Waals surface area contributed by atoms with Crippen molar-refractivity contribution in [3.63, 3.8) is 0 Å². The van der Waals surface area contributed by atoms with Gasteiger partial charge in [0.1, 0.15) is 5.82 Å². The summed E-state index contributed by atoms with van der Waals surface area (Å²) in [7, 11) is 0. The Labute approximate surface area is 132 Å². The minimum Gasteiger partial charge on any atom is -0.318 e. The molecule has 0 bridgehead atoms. The Bertz CT molecular complexity index is 753. The number of hydrogen-bond acceptors (Lipinski definition) is 2. The van der Waals surface area contributed by atoms with Gasteiger partial charge >= 0.3 is 0 Å². The Balaban J connectivity index is 2.03. The third-order valence-corrected chi connectivity index (χ3v) is 3.84. The second kappa shape index (κ2) is 5.90. The van der Waals surface area contributed by atoms with Crippen molar-refractivity contribution in [1.29, 1.82) is 0 Å². The number of para-hydroxylation sites is 1. The van der Waals surface area contributed by atoms with Gasteiger partial charge in [-0.3, -0.25) is 0 Å². The minimum atomic E-state index is -0.426. The highest BCUT2D eigenvalue weighted by Gasteiger charge is 2.18. The molecule has 0 spiro atoms. The van der Waals surface area contributed by atoms with Crippen LogP contribution >= 0.6 is 23.2 Å². The first-order valence-corrected chi connectivity index (χ1v) is 7.21. The Hall–Kier alpha value is -1.81. The minimum absolute atomic E-state index is 0.426. The molecule has 1 atom stereocenters. The van der Waals surface area contributed by atoms with Crippen molar-refractivity contribution in [1.82, 2.24) is 9.55 Å². The van der Waals surface area contributed by atoms with E-state index in [1.807, 2.05) is 47.2 Å². The molecule has 21 heavy (non-hydrogen) atoms. The molecule has 0 saturated carbocycles. The van der Waals surface area contributed by atoms with E-state index in [4.69, 9.17) is 28.9 Å². The Morgan fingerprint density at radius 3 is 2.52 bits per heavy atom. The highest BCUT2D eigenvalue weighted by Crippen LogP contribution is 2.29. The molecule has 1 heterocycles. The SMILES string of the molecule is NC(c1ccc(Cl)cc1Cl)c1nccn1-c1ccccc1. The van der Waals surface area contributed by atoms with Crippen molar-refractivity contribution >= 4 is 23.2 Å². The zero-order chi connectivity index (χ0) is 14.8. The zero-order valence-corrected chi connectivity index (χ0v) is 12.6. The van der Waals surface area contributed by atoms with E-state index in [1.54, 1.807) is 18.3 Å². The lowest BCUT2D eigenvalue weighted by Gasteiger charge is -2.16. The molecule has 0 radical (unpaired) electrons. The fraction of sp³-hybridized carbons (Fsp3) is 0.0625. The molecule has 0 aliphatic heterocycles. The molecule has 106 valence electrons. The van der Waals surface area contributed by atoms with Gasteiger partial charge in [-0.05, 0) is 29.8 Å². The molecule has 1 unspecified atom stereocenters. The van der Waals surface area contributed by atoms with Crippen molar-refractivity contribution in [3.05, 3.63) is 82.4 Å². The standard InChI is InChI=1S/C16H13Cl2N3/c17-11-6-7-13(14(18)10-11)15(19)16-20-8-9-21(16)12-4-2-1-3-5-12/h1-10,15H,19H2. The van der Waals surface area contributed by atoms with Crippen molar-refractivity contribution in [2.75, 3.05) is 0 Å². The maximum atomic E-state index is 6.34. The second-order valence-electron chi connectivity index (χ2n) is 4.63. The molecular formula is C16H13Cl2N3. The van der Waals surface area contributed by atoms with Gasteiger partial charge in [0.2, 0.25) is 0 Å². The summed E-state index contributed by atoms with van der Waals surface area (Å²) in [5.41, 5.74) is 8.14. The second-order valence-corrected chi connectivity index (χ2v) is 5.48. The normalized spacial score (nSPS) is 12.3. The number of rotatable bonds is 3. The summed E-state index contributed by atoms with van der Waals surface area (Å²) < 4.78 is 1.95. The molecule has 1 aromatic heterocycles. The van der Waals surface area contributed by atoms with Crippen LogP contribution in [0.25, 0.3) is 5.69 Å². The lowest BCUT2D eigenvalue weighted by Crippen LogP contribution is -2.17. The van der Waals surface area contributed by atoms with Crippen LogP contribution in [0.1, 0.15) is 17.4 Å². The van der Waals surface area contributed by atoms with Crippen LogP contribution in [0, 0.1) is 0 Å². The molecule has 3 rings (SSSR count). The first-order valence-electron chi connectivity index (χ1n) is 6.46. The van der Waals surface area contributed by atoms with E-state index in [9.17, 15) is 0 Å². The van der Waals surface area contributed by atoms with Gasteiger partial charge in [-0.25, -0.2) is 4.98 Å². The van der Waals surface area contributed by atoms with Crippen molar-refractivity contribution in [2.45, 2.75) is 6.04 Å². The smallest absolute Gasteiger partial charge is 0.134 e. The van der Waals surface area contributed by atoms with Crippen molar-refractivity contribution < 1.29 is 0 Å². The number of hydrogen-bond donors (Lipinski definition) is 1. The fourth-order valence-corrected chi connectivity index (χ4v) is 2.77. The van der Waals surface area contributed by atoms with Gasteiger partial charge in [0, 0.05) is 28.1 Å². The van der Waals surface area contributed by atoms with E-state index in [-0.39, 0.29) is 0 Å². The maximum absolute atomic E-state index is 6.34. The van der Waals surface area contributed by atoms with Gasteiger partial charge < -0.3 is 10.3 Å². The molecule has 2 N–H and O–H groups in total. The van der Waals surface area contributed by atoms with Gasteiger partial charge in [-0.1, -0.05) is 47.5 Å². The van der Waals surface area contributed by atoms with Crippen LogP contribution in [0.4, 0.5) is 0 Å². The number of nitrogens with zero attached hydrogens (tertiary/aromatic N) is 2. The summed E-state index contributed by atoms with van der Waals surface area (Å²) in [5, 5.41) is 1.12. The number of nitrogens with two attached hydrogens (primary N) is 1. The van der Waals surface area contributed by atoms with Crippen LogP contribution in [0.5, 0.6) is 0 Å². The summed E-state index contributed by atoms with van der Waals surface area (Å²) in [4.78, 5) is 4.38. The molecule has 5 heteroatoms. The number of benzene rings is 2. The van der Waals surface area contributed by atoms with E-state index in [0.717, 1.165) is 17.1 Å². The van der Waals surface area contributed by atoms with Gasteiger partial charge in [0.15, 0.2) is 0 Å². The molecular weight excluding hydrogens is 305 g/mol. The molecule has 0 aliphatic rings. The lowest BCUT2D eigenvalue weighted by atomic mass is 10.1. The molecule has 0 amide bonds.